The molecule has 108 valence electrons. The molecule has 1 saturated heterocycles. The molecular weight excluding hydrogens is 342 g/mol. The minimum Gasteiger partial charge on any atom is -0.308 e. The van der Waals surface area contributed by atoms with Gasteiger partial charge in [0.25, 0.3) is 0 Å². The van der Waals surface area contributed by atoms with Crippen LogP contribution in [0, 0.1) is 0 Å². The first-order chi connectivity index (χ1) is 9.19. The van der Waals surface area contributed by atoms with Gasteiger partial charge in [-0.15, -0.1) is 0 Å². The molecular formula is C13H22BrN3S2. The Hall–Kier alpha value is 0.350. The summed E-state index contributed by atoms with van der Waals surface area (Å²) in [5, 5.41) is 9.43. The predicted molar refractivity (Wildman–Crippen MR) is 90.2 cm³/mol. The molecule has 0 aromatic carbocycles. The molecule has 0 aliphatic carbocycles. The topological polar surface area (TPSA) is 29.9 Å². The van der Waals surface area contributed by atoms with Crippen molar-refractivity contribution in [1.82, 2.24) is 15.1 Å². The van der Waals surface area contributed by atoms with Crippen molar-refractivity contribution < 1.29 is 0 Å². The third-order valence-electron chi connectivity index (χ3n) is 3.42. The average Bonchev–Trinajstić information content (AvgIpc) is 2.78. The Morgan fingerprint density at radius 3 is 2.84 bits per heavy atom. The molecule has 0 bridgehead atoms. The molecule has 1 aliphatic heterocycles. The summed E-state index contributed by atoms with van der Waals surface area (Å²) in [4.78, 5) is 0. The van der Waals surface area contributed by atoms with Crippen LogP contribution in [-0.4, -0.2) is 38.3 Å². The van der Waals surface area contributed by atoms with Crippen molar-refractivity contribution in [1.29, 1.82) is 0 Å². The second kappa shape index (κ2) is 7.38. The standard InChI is InChI=1S/C13H22BrN3S2/c1-4-15-11(13-9(3)18-6-7-19-13)12-10(14)8-16-17(12)5-2/h8-9,11,13,15H,4-7H2,1-3H3. The summed E-state index contributed by atoms with van der Waals surface area (Å²) in [5.74, 6) is 2.52. The molecule has 3 atom stereocenters. The van der Waals surface area contributed by atoms with E-state index in [0.717, 1.165) is 17.6 Å². The fourth-order valence-corrected chi connectivity index (χ4v) is 6.00. The molecule has 1 aromatic rings. The van der Waals surface area contributed by atoms with Gasteiger partial charge >= 0.3 is 0 Å². The maximum absolute atomic E-state index is 4.47. The molecule has 6 heteroatoms. The summed E-state index contributed by atoms with van der Waals surface area (Å²) in [5.41, 5.74) is 1.30. The van der Waals surface area contributed by atoms with Crippen molar-refractivity contribution >= 4 is 39.5 Å². The molecule has 0 amide bonds. The highest BCUT2D eigenvalue weighted by atomic mass is 79.9. The molecule has 2 heterocycles. The SMILES string of the molecule is CCNC(c1c(Br)cnn1CC)C1SCCSC1C. The van der Waals surface area contributed by atoms with Gasteiger partial charge in [-0.25, -0.2) is 0 Å². The van der Waals surface area contributed by atoms with E-state index in [1.165, 1.54) is 17.2 Å². The van der Waals surface area contributed by atoms with Gasteiger partial charge in [-0.3, -0.25) is 4.68 Å². The first-order valence-electron chi connectivity index (χ1n) is 6.86. The first-order valence-corrected chi connectivity index (χ1v) is 9.75. The lowest BCUT2D eigenvalue weighted by atomic mass is 10.1. The van der Waals surface area contributed by atoms with Crippen molar-refractivity contribution in [2.24, 2.45) is 0 Å². The molecule has 0 saturated carbocycles. The minimum atomic E-state index is 0.370. The highest BCUT2D eigenvalue weighted by Gasteiger charge is 2.33. The van der Waals surface area contributed by atoms with E-state index in [4.69, 9.17) is 0 Å². The highest BCUT2D eigenvalue weighted by molar-refractivity contribution is 9.10. The maximum atomic E-state index is 4.47. The molecule has 1 N–H and O–H groups in total. The quantitative estimate of drug-likeness (QED) is 0.865. The van der Waals surface area contributed by atoms with E-state index in [-0.39, 0.29) is 0 Å². The summed E-state index contributed by atoms with van der Waals surface area (Å²) in [6.07, 6.45) is 1.93. The van der Waals surface area contributed by atoms with Crippen LogP contribution in [0.15, 0.2) is 10.7 Å². The summed E-state index contributed by atoms with van der Waals surface area (Å²) >= 11 is 7.87. The summed E-state index contributed by atoms with van der Waals surface area (Å²) < 4.78 is 3.24. The fourth-order valence-electron chi connectivity index (χ4n) is 2.54. The van der Waals surface area contributed by atoms with E-state index in [9.17, 15) is 0 Å². The monoisotopic (exact) mass is 363 g/mol. The van der Waals surface area contributed by atoms with E-state index >= 15 is 0 Å². The lowest BCUT2D eigenvalue weighted by Gasteiger charge is -2.35. The van der Waals surface area contributed by atoms with Crippen molar-refractivity contribution in [2.75, 3.05) is 18.1 Å². The summed E-state index contributed by atoms with van der Waals surface area (Å²) in [7, 11) is 0. The van der Waals surface area contributed by atoms with Gasteiger partial charge in [0.15, 0.2) is 0 Å². The Bertz CT molecular complexity index is 411. The number of halogens is 1. The van der Waals surface area contributed by atoms with Crippen LogP contribution < -0.4 is 5.32 Å². The molecule has 1 aromatic heterocycles. The van der Waals surface area contributed by atoms with Crippen LogP contribution in [-0.2, 0) is 6.54 Å². The van der Waals surface area contributed by atoms with Crippen molar-refractivity contribution in [3.05, 3.63) is 16.4 Å². The second-order valence-corrected chi connectivity index (χ2v) is 8.27. The number of nitrogens with one attached hydrogen (secondary N) is 1. The Morgan fingerprint density at radius 1 is 1.47 bits per heavy atom. The van der Waals surface area contributed by atoms with Crippen molar-refractivity contribution in [3.63, 3.8) is 0 Å². The molecule has 2 rings (SSSR count). The number of rotatable bonds is 5. The Kier molecular flexibility index (Phi) is 6.11. The zero-order chi connectivity index (χ0) is 13.8. The van der Waals surface area contributed by atoms with E-state index in [1.807, 2.05) is 6.20 Å². The van der Waals surface area contributed by atoms with E-state index in [0.29, 0.717) is 16.5 Å². The van der Waals surface area contributed by atoms with Gasteiger partial charge in [0.05, 0.1) is 22.4 Å². The second-order valence-electron chi connectivity index (χ2n) is 4.64. The largest absolute Gasteiger partial charge is 0.308 e. The Labute approximate surface area is 132 Å². The normalized spacial score (nSPS) is 25.5. The van der Waals surface area contributed by atoms with Gasteiger partial charge < -0.3 is 5.32 Å². The number of thioether (sulfide) groups is 2. The molecule has 1 aliphatic rings. The molecule has 3 nitrogen and oxygen atoms in total. The van der Waals surface area contributed by atoms with Crippen molar-refractivity contribution in [2.45, 2.75) is 43.9 Å². The van der Waals surface area contributed by atoms with Crippen LogP contribution in [0.1, 0.15) is 32.5 Å². The number of nitrogens with zero attached hydrogens (tertiary/aromatic N) is 2. The lowest BCUT2D eigenvalue weighted by molar-refractivity contribution is 0.473. The van der Waals surface area contributed by atoms with Gasteiger partial charge in [0, 0.05) is 28.6 Å². The molecule has 0 radical (unpaired) electrons. The van der Waals surface area contributed by atoms with Crippen molar-refractivity contribution in [3.8, 4) is 0 Å². The lowest BCUT2D eigenvalue weighted by Crippen LogP contribution is -2.39. The van der Waals surface area contributed by atoms with Gasteiger partial charge in [0.2, 0.25) is 0 Å². The summed E-state index contributed by atoms with van der Waals surface area (Å²) in [6, 6.07) is 0.370. The number of aromatic nitrogens is 2. The number of hydrogen-bond donors (Lipinski definition) is 1. The number of aryl methyl sites for hydroxylation is 1. The fraction of sp³-hybridized carbons (Fsp3) is 0.769. The minimum absolute atomic E-state index is 0.370. The molecule has 0 spiro atoms. The third-order valence-corrected chi connectivity index (χ3v) is 7.22. The van der Waals surface area contributed by atoms with Gasteiger partial charge in [-0.05, 0) is 29.4 Å². The molecule has 19 heavy (non-hydrogen) atoms. The number of hydrogen-bond acceptors (Lipinski definition) is 4. The van der Waals surface area contributed by atoms with Crippen LogP contribution in [0.5, 0.6) is 0 Å². The smallest absolute Gasteiger partial charge is 0.0707 e. The zero-order valence-electron chi connectivity index (χ0n) is 11.7. The van der Waals surface area contributed by atoms with Crippen LogP contribution in [0.3, 0.4) is 0 Å². The Balaban J connectivity index is 2.30. The average molecular weight is 364 g/mol. The third kappa shape index (κ3) is 3.52. The highest BCUT2D eigenvalue weighted by Crippen LogP contribution is 2.40. The maximum Gasteiger partial charge on any atom is 0.0707 e. The van der Waals surface area contributed by atoms with Gasteiger partial charge in [-0.1, -0.05) is 13.8 Å². The van der Waals surface area contributed by atoms with Crippen LogP contribution in [0.4, 0.5) is 0 Å². The van der Waals surface area contributed by atoms with Gasteiger partial charge in [-0.2, -0.15) is 28.6 Å². The summed E-state index contributed by atoms with van der Waals surface area (Å²) in [6.45, 7) is 8.59. The first kappa shape index (κ1) is 15.7. The molecule has 1 fully saturated rings. The van der Waals surface area contributed by atoms with E-state index < -0.39 is 0 Å². The van der Waals surface area contributed by atoms with E-state index in [1.54, 1.807) is 0 Å². The zero-order valence-corrected chi connectivity index (χ0v) is 14.9. The predicted octanol–water partition coefficient (Wildman–Crippen LogP) is 3.55. The van der Waals surface area contributed by atoms with Crippen LogP contribution >= 0.6 is 39.5 Å². The van der Waals surface area contributed by atoms with Crippen LogP contribution in [0.2, 0.25) is 0 Å². The van der Waals surface area contributed by atoms with Crippen LogP contribution in [0.25, 0.3) is 0 Å². The van der Waals surface area contributed by atoms with E-state index in [2.05, 4.69) is 75.3 Å². The van der Waals surface area contributed by atoms with Gasteiger partial charge in [0.1, 0.15) is 0 Å². The Morgan fingerprint density at radius 2 is 2.21 bits per heavy atom. The molecule has 3 unspecified atom stereocenters.